The fraction of sp³-hybridized carbons (Fsp3) is 0.138. The summed E-state index contributed by atoms with van der Waals surface area (Å²) < 4.78 is 0. The minimum Gasteiger partial charge on any atom is -0.208 e. The summed E-state index contributed by atoms with van der Waals surface area (Å²) in [5.41, 5.74) is 18.8. The Hall–Kier alpha value is -7.48. The summed E-state index contributed by atoms with van der Waals surface area (Å²) in [5, 5.41) is 12.1. The Bertz CT molecular complexity index is 3240. The maximum Gasteiger partial charge on any atom is 0.164 e. The van der Waals surface area contributed by atoms with Crippen molar-refractivity contribution in [2.75, 3.05) is 0 Å². The molecular formula is C58H44N4. The minimum atomic E-state index is 0.0884. The first-order valence-corrected chi connectivity index (χ1v) is 21.8. The third kappa shape index (κ3) is 6.41. The van der Waals surface area contributed by atoms with Crippen LogP contribution in [0.15, 0.2) is 170 Å². The normalized spacial score (nSPS) is 13.8. The monoisotopic (exact) mass is 796 g/mol. The summed E-state index contributed by atoms with van der Waals surface area (Å²) in [4.78, 5) is 15.1. The van der Waals surface area contributed by atoms with Crippen molar-refractivity contribution in [3.05, 3.63) is 198 Å². The van der Waals surface area contributed by atoms with Crippen molar-refractivity contribution in [3.63, 3.8) is 0 Å². The molecule has 0 radical (unpaired) electrons. The molecule has 2 aliphatic carbocycles. The van der Waals surface area contributed by atoms with Gasteiger partial charge in [-0.1, -0.05) is 147 Å². The Morgan fingerprint density at radius 3 is 1.69 bits per heavy atom. The van der Waals surface area contributed by atoms with Crippen LogP contribution in [-0.4, -0.2) is 15.0 Å². The van der Waals surface area contributed by atoms with E-state index in [9.17, 15) is 5.26 Å². The third-order valence-electron chi connectivity index (χ3n) is 13.4. The number of rotatable bonds is 6. The number of nitriles is 1. The lowest BCUT2D eigenvalue weighted by Gasteiger charge is -2.36. The lowest BCUT2D eigenvalue weighted by Crippen LogP contribution is -2.28. The van der Waals surface area contributed by atoms with Crippen LogP contribution in [0.2, 0.25) is 0 Å². The first kappa shape index (κ1) is 37.5. The standard InChI is InChI=1S/C58H44N4/c1-37-32-44(45-23-28-51-53(35-45)58(30-9-4-10-31-58)52-29-25-41-14-7-8-17-50(41)54(51)52)22-26-48(37)49-27-24-47(33-38(49)2)57-61-55(42-20-18-39(36-59)19-21-42)60-56(62-57)46-16-11-15-43(34-46)40-12-5-3-6-13-40/h3,5-8,11-29,32-35H,4,9-10,30-31H2,1-2H3. The molecule has 1 fully saturated rings. The molecule has 62 heavy (non-hydrogen) atoms. The second-order valence-corrected chi connectivity index (χ2v) is 17.1. The molecule has 0 N–H and O–H groups in total. The molecule has 0 aliphatic heterocycles. The molecule has 11 rings (SSSR count). The molecule has 4 heteroatoms. The second-order valence-electron chi connectivity index (χ2n) is 17.1. The molecular weight excluding hydrogens is 753 g/mol. The van der Waals surface area contributed by atoms with Gasteiger partial charge in [-0.05, 0) is 147 Å². The average molecular weight is 797 g/mol. The van der Waals surface area contributed by atoms with Crippen LogP contribution in [0.25, 0.3) is 89.4 Å². The molecule has 8 aromatic carbocycles. The molecule has 0 amide bonds. The predicted molar refractivity (Wildman–Crippen MR) is 253 cm³/mol. The third-order valence-corrected chi connectivity index (χ3v) is 13.4. The van der Waals surface area contributed by atoms with Crippen LogP contribution < -0.4 is 0 Å². The molecule has 1 aromatic heterocycles. The van der Waals surface area contributed by atoms with Gasteiger partial charge in [0.25, 0.3) is 0 Å². The van der Waals surface area contributed by atoms with E-state index in [1.165, 1.54) is 92.9 Å². The van der Waals surface area contributed by atoms with Gasteiger partial charge in [-0.3, -0.25) is 0 Å². The van der Waals surface area contributed by atoms with E-state index in [4.69, 9.17) is 15.0 Å². The second kappa shape index (κ2) is 15.2. The van der Waals surface area contributed by atoms with Crippen LogP contribution >= 0.6 is 0 Å². The summed E-state index contributed by atoms with van der Waals surface area (Å²) in [6, 6.07) is 62.8. The van der Waals surface area contributed by atoms with Gasteiger partial charge in [-0.15, -0.1) is 0 Å². The quantitative estimate of drug-likeness (QED) is 0.168. The van der Waals surface area contributed by atoms with Gasteiger partial charge < -0.3 is 0 Å². The van der Waals surface area contributed by atoms with Crippen LogP contribution in [0.4, 0.5) is 0 Å². The van der Waals surface area contributed by atoms with Crippen molar-refractivity contribution < 1.29 is 0 Å². The van der Waals surface area contributed by atoms with Gasteiger partial charge in [0.1, 0.15) is 0 Å². The van der Waals surface area contributed by atoms with Gasteiger partial charge in [0.05, 0.1) is 11.6 Å². The number of hydrogen-bond acceptors (Lipinski definition) is 4. The Kier molecular flexibility index (Phi) is 9.20. The molecule has 4 nitrogen and oxygen atoms in total. The SMILES string of the molecule is Cc1cc(-c2ccc3c(c2)C2(CCCCC2)c2ccc4ccccc4c2-3)ccc1-c1ccc(-c2nc(-c3ccc(C#N)cc3)nc(-c3cccc(-c4ccccc4)c3)n2)cc1C. The zero-order valence-electron chi connectivity index (χ0n) is 35.0. The number of aromatic nitrogens is 3. The van der Waals surface area contributed by atoms with E-state index >= 15 is 0 Å². The molecule has 0 saturated heterocycles. The van der Waals surface area contributed by atoms with Gasteiger partial charge in [0.15, 0.2) is 17.5 Å². The van der Waals surface area contributed by atoms with Crippen LogP contribution in [0, 0.1) is 25.2 Å². The fourth-order valence-corrected chi connectivity index (χ4v) is 10.3. The van der Waals surface area contributed by atoms with E-state index in [1.807, 2.05) is 42.5 Å². The molecule has 9 aromatic rings. The van der Waals surface area contributed by atoms with Crippen molar-refractivity contribution in [3.8, 4) is 84.7 Å². The Balaban J connectivity index is 0.946. The van der Waals surface area contributed by atoms with E-state index in [0.29, 0.717) is 23.0 Å². The van der Waals surface area contributed by atoms with Crippen molar-refractivity contribution in [1.82, 2.24) is 15.0 Å². The molecule has 1 saturated carbocycles. The van der Waals surface area contributed by atoms with Crippen molar-refractivity contribution in [1.29, 1.82) is 5.26 Å². The summed E-state index contributed by atoms with van der Waals surface area (Å²) in [7, 11) is 0. The first-order valence-electron chi connectivity index (χ1n) is 21.8. The predicted octanol–water partition coefficient (Wildman–Crippen LogP) is 14.7. The first-order chi connectivity index (χ1) is 30.5. The van der Waals surface area contributed by atoms with Gasteiger partial charge in [0, 0.05) is 22.1 Å². The van der Waals surface area contributed by atoms with E-state index in [-0.39, 0.29) is 5.41 Å². The molecule has 0 unspecified atom stereocenters. The highest BCUT2D eigenvalue weighted by Gasteiger charge is 2.44. The molecule has 1 spiro atoms. The zero-order valence-corrected chi connectivity index (χ0v) is 35.0. The molecule has 0 atom stereocenters. The van der Waals surface area contributed by atoms with Gasteiger partial charge >= 0.3 is 0 Å². The Morgan fingerprint density at radius 2 is 0.984 bits per heavy atom. The smallest absolute Gasteiger partial charge is 0.164 e. The Labute approximate surface area is 363 Å². The molecule has 1 heterocycles. The van der Waals surface area contributed by atoms with Gasteiger partial charge in [0.2, 0.25) is 0 Å². The van der Waals surface area contributed by atoms with Crippen LogP contribution in [0.3, 0.4) is 0 Å². The molecule has 296 valence electrons. The summed E-state index contributed by atoms with van der Waals surface area (Å²) >= 11 is 0. The minimum absolute atomic E-state index is 0.0884. The van der Waals surface area contributed by atoms with E-state index in [0.717, 1.165) is 33.4 Å². The van der Waals surface area contributed by atoms with Gasteiger partial charge in [-0.2, -0.15) is 5.26 Å². The number of aryl methyl sites for hydroxylation is 2. The molecule has 2 aliphatic rings. The maximum atomic E-state index is 9.46. The van der Waals surface area contributed by atoms with E-state index in [1.54, 1.807) is 12.1 Å². The summed E-state index contributed by atoms with van der Waals surface area (Å²) in [6.07, 6.45) is 6.30. The maximum absolute atomic E-state index is 9.46. The summed E-state index contributed by atoms with van der Waals surface area (Å²) in [6.45, 7) is 4.40. The van der Waals surface area contributed by atoms with Crippen molar-refractivity contribution in [2.45, 2.75) is 51.4 Å². The van der Waals surface area contributed by atoms with E-state index in [2.05, 4.69) is 135 Å². The summed E-state index contributed by atoms with van der Waals surface area (Å²) in [5.74, 6) is 1.76. The average Bonchev–Trinajstić information content (AvgIpc) is 3.60. The largest absolute Gasteiger partial charge is 0.208 e. The van der Waals surface area contributed by atoms with Gasteiger partial charge in [-0.25, -0.2) is 15.0 Å². The highest BCUT2D eigenvalue weighted by atomic mass is 15.0. The topological polar surface area (TPSA) is 62.5 Å². The lowest BCUT2D eigenvalue weighted by molar-refractivity contribution is 0.353. The highest BCUT2D eigenvalue weighted by Crippen LogP contribution is 2.58. The number of nitrogens with zero attached hydrogens (tertiary/aromatic N) is 4. The van der Waals surface area contributed by atoms with Crippen LogP contribution in [0.5, 0.6) is 0 Å². The zero-order chi connectivity index (χ0) is 41.8. The fourth-order valence-electron chi connectivity index (χ4n) is 10.3. The van der Waals surface area contributed by atoms with Crippen LogP contribution in [-0.2, 0) is 5.41 Å². The molecule has 0 bridgehead atoms. The van der Waals surface area contributed by atoms with Crippen molar-refractivity contribution in [2.24, 2.45) is 0 Å². The lowest BCUT2D eigenvalue weighted by atomic mass is 9.67. The number of benzene rings is 8. The highest BCUT2D eigenvalue weighted by molar-refractivity contribution is 6.03. The van der Waals surface area contributed by atoms with Crippen LogP contribution in [0.1, 0.15) is 59.9 Å². The number of fused-ring (bicyclic) bond motifs is 7. The number of hydrogen-bond donors (Lipinski definition) is 0. The Morgan fingerprint density at radius 1 is 0.435 bits per heavy atom. The van der Waals surface area contributed by atoms with E-state index < -0.39 is 0 Å². The van der Waals surface area contributed by atoms with Crippen molar-refractivity contribution >= 4 is 10.8 Å².